The zero-order chi connectivity index (χ0) is 13.8. The van der Waals surface area contributed by atoms with Crippen LogP contribution in [0, 0.1) is 0 Å². The van der Waals surface area contributed by atoms with E-state index in [1.807, 2.05) is 48.5 Å². The van der Waals surface area contributed by atoms with Crippen molar-refractivity contribution in [3.8, 4) is 11.1 Å². The Hall–Kier alpha value is -2.39. The molecule has 0 aliphatic rings. The quantitative estimate of drug-likeness (QED) is 0.766. The number of hydrogen-bond donors (Lipinski definition) is 1. The maximum atomic E-state index is 6.33. The van der Waals surface area contributed by atoms with Crippen molar-refractivity contribution in [1.82, 2.24) is 9.97 Å². The molecular weight excluding hydrogens is 270 g/mol. The lowest BCUT2D eigenvalue weighted by molar-refractivity contribution is 1.17. The molecule has 0 fully saturated rings. The zero-order valence-corrected chi connectivity index (χ0v) is 11.4. The molecule has 0 radical (unpaired) electrons. The van der Waals surface area contributed by atoms with E-state index in [1.54, 1.807) is 12.4 Å². The van der Waals surface area contributed by atoms with Gasteiger partial charge in [-0.25, -0.2) is 9.97 Å². The van der Waals surface area contributed by atoms with Gasteiger partial charge in [0.05, 0.1) is 5.02 Å². The number of rotatable bonds is 3. The fourth-order valence-corrected chi connectivity index (χ4v) is 2.24. The Morgan fingerprint density at radius 3 is 2.30 bits per heavy atom. The molecule has 0 spiro atoms. The van der Waals surface area contributed by atoms with Gasteiger partial charge < -0.3 is 5.32 Å². The van der Waals surface area contributed by atoms with Gasteiger partial charge in [0.1, 0.15) is 6.33 Å². The van der Waals surface area contributed by atoms with Crippen LogP contribution in [0.1, 0.15) is 0 Å². The molecule has 0 saturated heterocycles. The normalized spacial score (nSPS) is 10.2. The molecule has 0 unspecified atom stereocenters. The van der Waals surface area contributed by atoms with Crippen LogP contribution in [0.15, 0.2) is 67.3 Å². The van der Waals surface area contributed by atoms with Crippen molar-refractivity contribution < 1.29 is 0 Å². The van der Waals surface area contributed by atoms with E-state index in [0.29, 0.717) is 5.02 Å². The molecule has 3 aromatic rings. The first-order valence-electron chi connectivity index (χ1n) is 6.20. The van der Waals surface area contributed by atoms with Gasteiger partial charge in [0.15, 0.2) is 0 Å². The molecule has 3 nitrogen and oxygen atoms in total. The van der Waals surface area contributed by atoms with Gasteiger partial charge in [-0.15, -0.1) is 0 Å². The zero-order valence-electron chi connectivity index (χ0n) is 10.6. The molecule has 0 aliphatic carbocycles. The smallest absolute Gasteiger partial charge is 0.115 e. The molecule has 1 N–H and O–H groups in total. The van der Waals surface area contributed by atoms with E-state index >= 15 is 0 Å². The molecule has 1 aromatic heterocycles. The lowest BCUT2D eigenvalue weighted by Crippen LogP contribution is -1.90. The molecule has 0 saturated carbocycles. The minimum absolute atomic E-state index is 0.667. The van der Waals surface area contributed by atoms with Gasteiger partial charge in [0.25, 0.3) is 0 Å². The third-order valence-corrected chi connectivity index (χ3v) is 3.22. The minimum Gasteiger partial charge on any atom is -0.355 e. The van der Waals surface area contributed by atoms with Crippen molar-refractivity contribution in [3.05, 3.63) is 72.3 Å². The lowest BCUT2D eigenvalue weighted by Gasteiger charge is -2.09. The highest BCUT2D eigenvalue weighted by Gasteiger charge is 2.05. The van der Waals surface area contributed by atoms with Crippen molar-refractivity contribution in [3.63, 3.8) is 0 Å². The van der Waals surface area contributed by atoms with Crippen LogP contribution in [0.3, 0.4) is 0 Å². The SMILES string of the molecule is Clc1cc(Nc2ccccc2)ccc1-c1cncnc1. The van der Waals surface area contributed by atoms with E-state index in [0.717, 1.165) is 22.5 Å². The molecule has 2 aromatic carbocycles. The number of nitrogens with zero attached hydrogens (tertiary/aromatic N) is 2. The van der Waals surface area contributed by atoms with Crippen molar-refractivity contribution in [2.24, 2.45) is 0 Å². The second-order valence-electron chi connectivity index (χ2n) is 4.31. The summed E-state index contributed by atoms with van der Waals surface area (Å²) in [5.74, 6) is 0. The number of hydrogen-bond acceptors (Lipinski definition) is 3. The Kier molecular flexibility index (Phi) is 3.61. The van der Waals surface area contributed by atoms with Crippen molar-refractivity contribution in [2.75, 3.05) is 5.32 Å². The molecule has 0 amide bonds. The molecule has 1 heterocycles. The number of anilines is 2. The second-order valence-corrected chi connectivity index (χ2v) is 4.72. The van der Waals surface area contributed by atoms with Crippen LogP contribution >= 0.6 is 11.6 Å². The molecule has 20 heavy (non-hydrogen) atoms. The Labute approximate surface area is 122 Å². The Morgan fingerprint density at radius 2 is 1.60 bits per heavy atom. The van der Waals surface area contributed by atoms with E-state index in [4.69, 9.17) is 11.6 Å². The number of aromatic nitrogens is 2. The fourth-order valence-electron chi connectivity index (χ4n) is 1.95. The third kappa shape index (κ3) is 2.78. The maximum Gasteiger partial charge on any atom is 0.115 e. The molecule has 0 aliphatic heterocycles. The van der Waals surface area contributed by atoms with Gasteiger partial charge in [0, 0.05) is 34.9 Å². The highest BCUT2D eigenvalue weighted by Crippen LogP contribution is 2.30. The van der Waals surface area contributed by atoms with Crippen molar-refractivity contribution >= 4 is 23.0 Å². The van der Waals surface area contributed by atoms with E-state index < -0.39 is 0 Å². The topological polar surface area (TPSA) is 37.8 Å². The second kappa shape index (κ2) is 5.72. The summed E-state index contributed by atoms with van der Waals surface area (Å²) < 4.78 is 0. The Morgan fingerprint density at radius 1 is 0.850 bits per heavy atom. The monoisotopic (exact) mass is 281 g/mol. The number of nitrogens with one attached hydrogen (secondary N) is 1. The summed E-state index contributed by atoms with van der Waals surface area (Å²) in [5.41, 5.74) is 3.80. The first-order chi connectivity index (χ1) is 9.83. The van der Waals surface area contributed by atoms with Crippen LogP contribution in [0.2, 0.25) is 5.02 Å². The van der Waals surface area contributed by atoms with Gasteiger partial charge in [-0.3, -0.25) is 0 Å². The molecule has 0 bridgehead atoms. The van der Waals surface area contributed by atoms with Crippen LogP contribution in [-0.4, -0.2) is 9.97 Å². The highest BCUT2D eigenvalue weighted by atomic mass is 35.5. The largest absolute Gasteiger partial charge is 0.355 e. The van der Waals surface area contributed by atoms with Gasteiger partial charge in [-0.2, -0.15) is 0 Å². The van der Waals surface area contributed by atoms with Crippen LogP contribution < -0.4 is 5.32 Å². The molecular formula is C16H12ClN3. The molecule has 0 atom stereocenters. The molecule has 98 valence electrons. The average Bonchev–Trinajstić information content (AvgIpc) is 2.49. The van der Waals surface area contributed by atoms with Gasteiger partial charge in [-0.1, -0.05) is 35.9 Å². The minimum atomic E-state index is 0.667. The van der Waals surface area contributed by atoms with Crippen LogP contribution in [0.25, 0.3) is 11.1 Å². The first kappa shape index (κ1) is 12.6. The number of halogens is 1. The summed E-state index contributed by atoms with van der Waals surface area (Å²) in [6, 6.07) is 15.8. The van der Waals surface area contributed by atoms with Crippen LogP contribution in [0.5, 0.6) is 0 Å². The summed E-state index contributed by atoms with van der Waals surface area (Å²) in [6.45, 7) is 0. The standard InChI is InChI=1S/C16H12ClN3/c17-16-8-14(20-13-4-2-1-3-5-13)6-7-15(16)12-9-18-11-19-10-12/h1-11,20H. The summed E-state index contributed by atoms with van der Waals surface area (Å²) in [5, 5.41) is 3.98. The fraction of sp³-hybridized carbons (Fsp3) is 0. The number of para-hydroxylation sites is 1. The molecule has 3 rings (SSSR count). The van der Waals surface area contributed by atoms with Crippen molar-refractivity contribution in [1.29, 1.82) is 0 Å². The van der Waals surface area contributed by atoms with E-state index in [1.165, 1.54) is 6.33 Å². The predicted molar refractivity (Wildman–Crippen MR) is 82.2 cm³/mol. The van der Waals surface area contributed by atoms with Gasteiger partial charge in [-0.05, 0) is 24.3 Å². The van der Waals surface area contributed by atoms with E-state index in [2.05, 4.69) is 15.3 Å². The van der Waals surface area contributed by atoms with Crippen LogP contribution in [0.4, 0.5) is 11.4 Å². The summed E-state index contributed by atoms with van der Waals surface area (Å²) in [4.78, 5) is 8.01. The predicted octanol–water partition coefficient (Wildman–Crippen LogP) is 4.54. The van der Waals surface area contributed by atoms with E-state index in [9.17, 15) is 0 Å². The van der Waals surface area contributed by atoms with Gasteiger partial charge in [0.2, 0.25) is 0 Å². The van der Waals surface area contributed by atoms with Gasteiger partial charge >= 0.3 is 0 Å². The highest BCUT2D eigenvalue weighted by molar-refractivity contribution is 6.33. The maximum absolute atomic E-state index is 6.33. The summed E-state index contributed by atoms with van der Waals surface area (Å²) in [7, 11) is 0. The first-order valence-corrected chi connectivity index (χ1v) is 6.58. The summed E-state index contributed by atoms with van der Waals surface area (Å²) >= 11 is 6.33. The van der Waals surface area contributed by atoms with Crippen LogP contribution in [-0.2, 0) is 0 Å². The van der Waals surface area contributed by atoms with Crippen molar-refractivity contribution in [2.45, 2.75) is 0 Å². The Balaban J connectivity index is 1.88. The lowest BCUT2D eigenvalue weighted by atomic mass is 10.1. The molecule has 4 heteroatoms. The Bertz CT molecular complexity index is 699. The summed E-state index contributed by atoms with van der Waals surface area (Å²) in [6.07, 6.45) is 5.00. The average molecular weight is 282 g/mol. The number of benzene rings is 2. The van der Waals surface area contributed by atoms with E-state index in [-0.39, 0.29) is 0 Å². The third-order valence-electron chi connectivity index (χ3n) is 2.90.